The van der Waals surface area contributed by atoms with Crippen molar-refractivity contribution in [1.29, 1.82) is 0 Å². The van der Waals surface area contributed by atoms with E-state index >= 15 is 0 Å². The minimum absolute atomic E-state index is 0. The van der Waals surface area contributed by atoms with E-state index in [4.69, 9.17) is 0 Å². The van der Waals surface area contributed by atoms with Crippen molar-refractivity contribution in [3.8, 4) is 0 Å². The first-order valence-electron chi connectivity index (χ1n) is 4.64. The van der Waals surface area contributed by atoms with Gasteiger partial charge in [-0.05, 0) is 22.9 Å². The molecule has 10 heteroatoms. The minimum Gasteiger partial charge on any atom is -0.744 e. The summed E-state index contributed by atoms with van der Waals surface area (Å²) in [6, 6.07) is 7.44. The first-order chi connectivity index (χ1) is 8.19. The van der Waals surface area contributed by atoms with Gasteiger partial charge in [0.1, 0.15) is 20.2 Å². The van der Waals surface area contributed by atoms with Crippen LogP contribution in [0, 0.1) is 0 Å². The van der Waals surface area contributed by atoms with Crippen LogP contribution in [0.4, 0.5) is 0 Å². The Labute approximate surface area is 116 Å². The summed E-state index contributed by atoms with van der Waals surface area (Å²) >= 11 is 0. The molecule has 2 aromatic carbocycles. The van der Waals surface area contributed by atoms with Gasteiger partial charge in [-0.1, -0.05) is 24.3 Å². The van der Waals surface area contributed by atoms with Gasteiger partial charge in [-0.15, -0.1) is 0 Å². The Morgan fingerprint density at radius 2 is 1.35 bits per heavy atom. The van der Waals surface area contributed by atoms with Crippen LogP contribution in [0.3, 0.4) is 0 Å². The van der Waals surface area contributed by atoms with Gasteiger partial charge in [0.25, 0.3) is 0 Å². The van der Waals surface area contributed by atoms with E-state index < -0.39 is 30.0 Å². The van der Waals surface area contributed by atoms with Crippen LogP contribution in [0.25, 0.3) is 10.8 Å². The Hall–Kier alpha value is -1.56. The molecule has 0 radical (unpaired) electrons. The fourth-order valence-corrected chi connectivity index (χ4v) is 2.93. The molecular weight excluding hydrogens is 308 g/mol. The zero-order valence-corrected chi connectivity index (χ0v) is 12.4. The van der Waals surface area contributed by atoms with Crippen molar-refractivity contribution in [2.24, 2.45) is 0 Å². The molecule has 0 fully saturated rings. The van der Waals surface area contributed by atoms with Crippen molar-refractivity contribution >= 4 is 31.0 Å². The molecule has 8 N–H and O–H groups in total. The molecule has 0 saturated heterocycles. The Balaban J connectivity index is 0.00000180. The SMILES string of the molecule is O=S(=O)([O-])c1cc(S(=O)(=O)[O-])c2ccccc2c1.[NH4+].[NH4+]. The Morgan fingerprint density at radius 3 is 1.85 bits per heavy atom. The summed E-state index contributed by atoms with van der Waals surface area (Å²) < 4.78 is 65.9. The summed E-state index contributed by atoms with van der Waals surface area (Å²) in [5.41, 5.74) is 0. The zero-order valence-electron chi connectivity index (χ0n) is 10.7. The maximum Gasteiger partial charge on any atom is 0.125 e. The molecule has 0 spiro atoms. The smallest absolute Gasteiger partial charge is 0.125 e. The molecule has 0 amide bonds. The number of fused-ring (bicyclic) bond motifs is 1. The van der Waals surface area contributed by atoms with Crippen LogP contribution in [0.15, 0.2) is 46.2 Å². The van der Waals surface area contributed by atoms with Gasteiger partial charge in [-0.25, -0.2) is 16.8 Å². The lowest BCUT2D eigenvalue weighted by atomic mass is 10.1. The number of rotatable bonds is 2. The maximum atomic E-state index is 11.1. The second kappa shape index (κ2) is 5.83. The zero-order chi connectivity index (χ0) is 13.6. The van der Waals surface area contributed by atoms with Crippen molar-refractivity contribution in [1.82, 2.24) is 12.3 Å². The average molecular weight is 322 g/mol. The Morgan fingerprint density at radius 1 is 0.800 bits per heavy atom. The van der Waals surface area contributed by atoms with Crippen LogP contribution in [-0.4, -0.2) is 25.9 Å². The highest BCUT2D eigenvalue weighted by Gasteiger charge is 2.12. The second-order valence-electron chi connectivity index (χ2n) is 3.55. The van der Waals surface area contributed by atoms with E-state index in [9.17, 15) is 25.9 Å². The molecule has 8 nitrogen and oxygen atoms in total. The third-order valence-electron chi connectivity index (χ3n) is 2.36. The lowest BCUT2D eigenvalue weighted by molar-refractivity contribution is 0.462. The predicted molar refractivity (Wildman–Crippen MR) is 71.8 cm³/mol. The van der Waals surface area contributed by atoms with E-state index in [1.165, 1.54) is 24.3 Å². The quantitative estimate of drug-likeness (QED) is 0.785. The molecule has 0 aliphatic rings. The first-order valence-corrected chi connectivity index (χ1v) is 7.46. The van der Waals surface area contributed by atoms with Crippen molar-refractivity contribution in [3.05, 3.63) is 36.4 Å². The molecule has 0 aromatic heterocycles. The van der Waals surface area contributed by atoms with Crippen LogP contribution in [0.5, 0.6) is 0 Å². The highest BCUT2D eigenvalue weighted by atomic mass is 32.2. The molecule has 0 aliphatic heterocycles. The van der Waals surface area contributed by atoms with Crippen LogP contribution in [0.2, 0.25) is 0 Å². The summed E-state index contributed by atoms with van der Waals surface area (Å²) in [5.74, 6) is 0. The molecule has 0 aliphatic carbocycles. The van der Waals surface area contributed by atoms with Crippen molar-refractivity contribution < 1.29 is 25.9 Å². The van der Waals surface area contributed by atoms with Crippen LogP contribution in [0.1, 0.15) is 0 Å². The number of quaternary nitrogens is 2. The number of hydrogen-bond acceptors (Lipinski definition) is 6. The lowest BCUT2D eigenvalue weighted by Crippen LogP contribution is -2.04. The molecule has 0 bridgehead atoms. The fraction of sp³-hybridized carbons (Fsp3) is 0. The van der Waals surface area contributed by atoms with Gasteiger partial charge in [-0.3, -0.25) is 0 Å². The minimum atomic E-state index is -4.87. The molecule has 0 heterocycles. The van der Waals surface area contributed by atoms with E-state index in [0.29, 0.717) is 6.07 Å². The van der Waals surface area contributed by atoms with Crippen LogP contribution in [-0.2, 0) is 20.2 Å². The Kier molecular flexibility index (Phi) is 5.37. The van der Waals surface area contributed by atoms with Crippen molar-refractivity contribution in [3.63, 3.8) is 0 Å². The molecule has 0 atom stereocenters. The molecular formula is C10H14N2O6S2. The van der Waals surface area contributed by atoms with Crippen molar-refractivity contribution in [2.75, 3.05) is 0 Å². The van der Waals surface area contributed by atoms with Gasteiger partial charge in [0.2, 0.25) is 0 Å². The third kappa shape index (κ3) is 3.50. The summed E-state index contributed by atoms with van der Waals surface area (Å²) in [5, 5.41) is 0.281. The lowest BCUT2D eigenvalue weighted by Gasteiger charge is -2.14. The molecule has 2 rings (SSSR count). The molecule has 112 valence electrons. The van der Waals surface area contributed by atoms with Gasteiger partial charge in [0, 0.05) is 0 Å². The summed E-state index contributed by atoms with van der Waals surface area (Å²) in [6.07, 6.45) is 0. The summed E-state index contributed by atoms with van der Waals surface area (Å²) in [6.45, 7) is 0. The van der Waals surface area contributed by atoms with Crippen LogP contribution >= 0.6 is 0 Å². The van der Waals surface area contributed by atoms with E-state index in [-0.39, 0.29) is 23.1 Å². The van der Waals surface area contributed by atoms with Gasteiger partial charge < -0.3 is 21.4 Å². The van der Waals surface area contributed by atoms with Gasteiger partial charge in [-0.2, -0.15) is 0 Å². The molecule has 20 heavy (non-hydrogen) atoms. The van der Waals surface area contributed by atoms with E-state index in [0.717, 1.165) is 6.07 Å². The van der Waals surface area contributed by atoms with E-state index in [2.05, 4.69) is 0 Å². The predicted octanol–water partition coefficient (Wildman–Crippen LogP) is 1.40. The second-order valence-corrected chi connectivity index (χ2v) is 6.28. The largest absolute Gasteiger partial charge is 0.744 e. The monoisotopic (exact) mass is 322 g/mol. The van der Waals surface area contributed by atoms with Crippen LogP contribution < -0.4 is 12.3 Å². The van der Waals surface area contributed by atoms with E-state index in [1.54, 1.807) is 0 Å². The van der Waals surface area contributed by atoms with E-state index in [1.807, 2.05) is 0 Å². The maximum absolute atomic E-state index is 11.1. The molecule has 0 saturated carbocycles. The first kappa shape index (κ1) is 18.4. The standard InChI is InChI=1S/C10H8O6S2.2H3N/c11-17(12,13)8-5-7-3-1-2-4-9(7)10(6-8)18(14,15)16;;/h1-6H,(H,11,12,13)(H,14,15,16);2*1H3. The molecule has 0 unspecified atom stereocenters. The summed E-state index contributed by atoms with van der Waals surface area (Å²) in [7, 11) is -9.70. The van der Waals surface area contributed by atoms with Gasteiger partial charge in [0.15, 0.2) is 0 Å². The number of benzene rings is 2. The number of hydrogen-bond donors (Lipinski definition) is 2. The van der Waals surface area contributed by atoms with Gasteiger partial charge in [0.05, 0.1) is 9.79 Å². The van der Waals surface area contributed by atoms with Gasteiger partial charge >= 0.3 is 0 Å². The third-order valence-corrected chi connectivity index (χ3v) is 4.04. The summed E-state index contributed by atoms with van der Waals surface area (Å²) in [4.78, 5) is -1.45. The average Bonchev–Trinajstić information content (AvgIpc) is 2.25. The highest BCUT2D eigenvalue weighted by molar-refractivity contribution is 7.86. The highest BCUT2D eigenvalue weighted by Crippen LogP contribution is 2.26. The topological polar surface area (TPSA) is 187 Å². The molecule has 2 aromatic rings. The Bertz CT molecular complexity index is 830. The fourth-order valence-electron chi connectivity index (χ4n) is 1.60. The van der Waals surface area contributed by atoms with Crippen molar-refractivity contribution in [2.45, 2.75) is 9.79 Å². The normalized spacial score (nSPS) is 11.5.